The van der Waals surface area contributed by atoms with Crippen molar-refractivity contribution in [2.45, 2.75) is 51.3 Å². The molecule has 10 nitrogen and oxygen atoms in total. The number of aromatic nitrogens is 1. The zero-order valence-corrected chi connectivity index (χ0v) is 27.3. The van der Waals surface area contributed by atoms with Gasteiger partial charge in [-0.05, 0) is 81.6 Å². The zero-order valence-electron chi connectivity index (χ0n) is 25.8. The molecule has 0 aliphatic carbocycles. The average molecular weight is 665 g/mol. The summed E-state index contributed by atoms with van der Waals surface area (Å²) in [5.74, 6) is 1.34. The molecule has 0 radical (unpaired) electrons. The van der Waals surface area contributed by atoms with Crippen LogP contribution < -0.4 is 10.2 Å². The van der Waals surface area contributed by atoms with Crippen LogP contribution in [0.25, 0.3) is 0 Å². The molecule has 1 saturated heterocycles. The summed E-state index contributed by atoms with van der Waals surface area (Å²) in [6, 6.07) is 14.5. The Labute approximate surface area is 277 Å². The van der Waals surface area contributed by atoms with Gasteiger partial charge in [0, 0.05) is 55.2 Å². The number of carbonyl (C=O) groups is 3. The zero-order chi connectivity index (χ0) is 33.0. The Bertz CT molecular complexity index is 1660. The van der Waals surface area contributed by atoms with Crippen molar-refractivity contribution >= 4 is 58.6 Å². The topological polar surface area (TPSA) is 112 Å². The van der Waals surface area contributed by atoms with Crippen molar-refractivity contribution in [2.24, 2.45) is 0 Å². The molecular weight excluding hydrogens is 629 g/mol. The van der Waals surface area contributed by atoms with E-state index in [4.69, 9.17) is 27.9 Å². The maximum absolute atomic E-state index is 14.1. The maximum Gasteiger partial charge on any atom is 0.410 e. The highest BCUT2D eigenvalue weighted by Gasteiger charge is 2.37. The minimum Gasteiger partial charge on any atom is -0.444 e. The van der Waals surface area contributed by atoms with E-state index < -0.39 is 17.6 Å². The molecule has 0 spiro atoms. The standard InChI is InChI=1S/C34H35Cl2N5O5/c1-34(2,3)46-33(45)40-17-15-39(16-18-40)28-12-10-24(14-19-42)41(29-11-9-23(35)20-26(28)29)32(44)22-8-13-30(37-21-22)38-31(43)25-6-4-5-7-27(25)36/h4-9,11,13-14,20-21,24,28H,10,12,15-18H2,1-3H3,(H,37,38,43). The Kier molecular flexibility index (Phi) is 10.1. The lowest BCUT2D eigenvalue weighted by atomic mass is 9.98. The van der Waals surface area contributed by atoms with E-state index in [1.165, 1.54) is 12.3 Å². The molecule has 1 aromatic heterocycles. The van der Waals surface area contributed by atoms with Crippen LogP contribution in [0.3, 0.4) is 0 Å². The van der Waals surface area contributed by atoms with Crippen LogP contribution in [0.2, 0.25) is 10.0 Å². The number of piperazine rings is 1. The van der Waals surface area contributed by atoms with Gasteiger partial charge in [0.05, 0.1) is 22.2 Å². The summed E-state index contributed by atoms with van der Waals surface area (Å²) < 4.78 is 5.56. The number of hydrogen-bond acceptors (Lipinski definition) is 7. The molecule has 0 bridgehead atoms. The van der Waals surface area contributed by atoms with Gasteiger partial charge >= 0.3 is 6.09 Å². The number of rotatable bonds is 5. The van der Waals surface area contributed by atoms with Crippen molar-refractivity contribution in [1.29, 1.82) is 0 Å². The number of fused-ring (bicyclic) bond motifs is 1. The van der Waals surface area contributed by atoms with Crippen molar-refractivity contribution in [2.75, 3.05) is 36.4 Å². The minimum absolute atomic E-state index is 0.115. The lowest BCUT2D eigenvalue weighted by molar-refractivity contribution is 0.00973. The fourth-order valence-corrected chi connectivity index (χ4v) is 6.19. The fraction of sp³-hybridized carbons (Fsp3) is 0.353. The number of amides is 3. The van der Waals surface area contributed by atoms with Gasteiger partial charge in [-0.15, -0.1) is 0 Å². The lowest BCUT2D eigenvalue weighted by Crippen LogP contribution is -2.50. The molecule has 2 aliphatic rings. The van der Waals surface area contributed by atoms with E-state index in [-0.39, 0.29) is 29.4 Å². The molecule has 3 heterocycles. The van der Waals surface area contributed by atoms with E-state index in [1.807, 2.05) is 32.8 Å². The summed E-state index contributed by atoms with van der Waals surface area (Å²) in [6.45, 7) is 7.71. The van der Waals surface area contributed by atoms with Crippen molar-refractivity contribution < 1.29 is 23.9 Å². The van der Waals surface area contributed by atoms with Crippen LogP contribution in [-0.4, -0.2) is 76.5 Å². The predicted octanol–water partition coefficient (Wildman–Crippen LogP) is 6.43. The number of hydrogen-bond donors (Lipinski definition) is 1. The van der Waals surface area contributed by atoms with E-state index in [2.05, 4.69) is 15.2 Å². The summed E-state index contributed by atoms with van der Waals surface area (Å²) in [4.78, 5) is 61.0. The van der Waals surface area contributed by atoms with Crippen molar-refractivity contribution in [3.8, 4) is 0 Å². The number of ether oxygens (including phenoxy) is 1. The van der Waals surface area contributed by atoms with Gasteiger partial charge < -0.3 is 19.9 Å². The first-order valence-corrected chi connectivity index (χ1v) is 15.8. The summed E-state index contributed by atoms with van der Waals surface area (Å²) >= 11 is 12.6. The summed E-state index contributed by atoms with van der Waals surface area (Å²) in [6.07, 6.45) is 3.54. The quantitative estimate of drug-likeness (QED) is 0.313. The lowest BCUT2D eigenvalue weighted by Gasteiger charge is -2.40. The number of halogens is 2. The van der Waals surface area contributed by atoms with E-state index in [1.54, 1.807) is 58.3 Å². The Morgan fingerprint density at radius 1 is 1.00 bits per heavy atom. The van der Waals surface area contributed by atoms with Gasteiger partial charge in [-0.25, -0.2) is 14.6 Å². The summed E-state index contributed by atoms with van der Waals surface area (Å²) in [7, 11) is 0. The molecule has 1 fully saturated rings. The minimum atomic E-state index is -0.581. The highest BCUT2D eigenvalue weighted by Crippen LogP contribution is 2.41. The average Bonchev–Trinajstić information content (AvgIpc) is 3.17. The maximum atomic E-state index is 14.1. The Balaban J connectivity index is 1.39. The highest BCUT2D eigenvalue weighted by atomic mass is 35.5. The van der Waals surface area contributed by atoms with Crippen LogP contribution in [0.4, 0.5) is 16.3 Å². The molecule has 12 heteroatoms. The van der Waals surface area contributed by atoms with E-state index in [0.717, 1.165) is 5.56 Å². The molecule has 5 rings (SSSR count). The van der Waals surface area contributed by atoms with Crippen LogP contribution in [0, 0.1) is 0 Å². The molecule has 2 aliphatic heterocycles. The molecular formula is C34H35Cl2N5O5. The monoisotopic (exact) mass is 663 g/mol. The molecule has 2 aromatic carbocycles. The Hall–Kier alpha value is -4.21. The van der Waals surface area contributed by atoms with Gasteiger partial charge in [-0.2, -0.15) is 0 Å². The number of benzene rings is 2. The first kappa shape index (κ1) is 33.2. The second-order valence-electron chi connectivity index (χ2n) is 12.2. The van der Waals surface area contributed by atoms with E-state index in [9.17, 15) is 19.2 Å². The van der Waals surface area contributed by atoms with Gasteiger partial charge in [0.1, 0.15) is 17.4 Å². The normalized spacial score (nSPS) is 18.5. The summed E-state index contributed by atoms with van der Waals surface area (Å²) in [5.41, 5.74) is 1.47. The molecule has 240 valence electrons. The molecule has 1 N–H and O–H groups in total. The van der Waals surface area contributed by atoms with Crippen LogP contribution in [0.1, 0.15) is 65.9 Å². The number of pyridine rings is 1. The van der Waals surface area contributed by atoms with Gasteiger partial charge in [-0.3, -0.25) is 14.5 Å². The number of anilines is 2. The van der Waals surface area contributed by atoms with Crippen LogP contribution in [-0.2, 0) is 9.53 Å². The first-order chi connectivity index (χ1) is 21.9. The number of nitrogens with zero attached hydrogens (tertiary/aromatic N) is 4. The van der Waals surface area contributed by atoms with Gasteiger partial charge in [-0.1, -0.05) is 35.3 Å². The number of nitrogens with one attached hydrogen (secondary N) is 1. The highest BCUT2D eigenvalue weighted by molar-refractivity contribution is 6.34. The SMILES string of the molecule is CC(C)(C)OC(=O)N1CCN(C2CCC(C=C=O)N(C(=O)c3ccc(NC(=O)c4ccccc4Cl)nc3)c3ccc(Cl)cc32)CC1. The number of carbonyl (C=O) groups excluding carboxylic acids is 4. The fourth-order valence-electron chi connectivity index (χ4n) is 5.78. The van der Waals surface area contributed by atoms with Crippen LogP contribution in [0.15, 0.2) is 66.9 Å². The Morgan fingerprint density at radius 3 is 2.39 bits per heavy atom. The van der Waals surface area contributed by atoms with Crippen molar-refractivity contribution in [1.82, 2.24) is 14.8 Å². The van der Waals surface area contributed by atoms with Gasteiger partial charge in [0.25, 0.3) is 11.8 Å². The first-order valence-electron chi connectivity index (χ1n) is 15.0. The van der Waals surface area contributed by atoms with Crippen molar-refractivity contribution in [3.63, 3.8) is 0 Å². The largest absolute Gasteiger partial charge is 0.444 e. The second kappa shape index (κ2) is 14.1. The third kappa shape index (κ3) is 7.59. The van der Waals surface area contributed by atoms with Gasteiger partial charge in [0.15, 0.2) is 0 Å². The Morgan fingerprint density at radius 2 is 1.74 bits per heavy atom. The molecule has 2 atom stereocenters. The molecule has 0 saturated carbocycles. The van der Waals surface area contributed by atoms with Gasteiger partial charge in [0.2, 0.25) is 0 Å². The molecule has 46 heavy (non-hydrogen) atoms. The molecule has 3 amide bonds. The smallest absolute Gasteiger partial charge is 0.410 e. The third-order valence-corrected chi connectivity index (χ3v) is 8.50. The van der Waals surface area contributed by atoms with Crippen molar-refractivity contribution in [3.05, 3.63) is 93.6 Å². The molecule has 2 unspecified atom stereocenters. The van der Waals surface area contributed by atoms with E-state index >= 15 is 0 Å². The summed E-state index contributed by atoms with van der Waals surface area (Å²) in [5, 5.41) is 3.53. The van der Waals surface area contributed by atoms with E-state index in [0.29, 0.717) is 60.3 Å². The predicted molar refractivity (Wildman–Crippen MR) is 177 cm³/mol. The molecule has 3 aromatic rings. The third-order valence-electron chi connectivity index (χ3n) is 7.93. The van der Waals surface area contributed by atoms with Crippen LogP contribution in [0.5, 0.6) is 0 Å². The second-order valence-corrected chi connectivity index (χ2v) is 13.0. The van der Waals surface area contributed by atoms with Crippen LogP contribution >= 0.6 is 23.2 Å².